The zero-order chi connectivity index (χ0) is 23.3. The number of imidazole rings is 1. The second kappa shape index (κ2) is 9.54. The van der Waals surface area contributed by atoms with Crippen LogP contribution in [0.2, 0.25) is 0 Å². The maximum atomic E-state index is 4.72. The van der Waals surface area contributed by atoms with Crippen LogP contribution >= 0.6 is 0 Å². The molecule has 3 aromatic heterocycles. The third kappa shape index (κ3) is 4.63. The Kier molecular flexibility index (Phi) is 5.99. The van der Waals surface area contributed by atoms with Gasteiger partial charge in [-0.1, -0.05) is 36.9 Å². The highest BCUT2D eigenvalue weighted by molar-refractivity contribution is 5.76. The molecule has 0 amide bonds. The molecule has 5 aromatic rings. The number of nitrogens with zero attached hydrogens (tertiary/aromatic N) is 5. The summed E-state index contributed by atoms with van der Waals surface area (Å²) in [5.41, 5.74) is 6.12. The highest BCUT2D eigenvalue weighted by atomic mass is 15.2. The maximum Gasteiger partial charge on any atom is 0.225 e. The van der Waals surface area contributed by atoms with Crippen molar-refractivity contribution < 1.29 is 0 Å². The number of benzene rings is 2. The van der Waals surface area contributed by atoms with Crippen LogP contribution in [-0.2, 0) is 6.54 Å². The Bertz CT molecular complexity index is 1430. The van der Waals surface area contributed by atoms with Gasteiger partial charge in [0.15, 0.2) is 0 Å². The number of aromatic nitrogens is 5. The van der Waals surface area contributed by atoms with Crippen LogP contribution in [0.1, 0.15) is 29.7 Å². The minimum Gasteiger partial charge on any atom is -0.381 e. The van der Waals surface area contributed by atoms with E-state index in [1.54, 1.807) is 24.9 Å². The fraction of sp³-hybridized carbons (Fsp3) is 0.111. The molecular weight excluding hydrogens is 422 g/mol. The Hall–Kier alpha value is -4.52. The van der Waals surface area contributed by atoms with Gasteiger partial charge in [0.25, 0.3) is 0 Å². The molecule has 0 saturated carbocycles. The van der Waals surface area contributed by atoms with Crippen LogP contribution in [0.15, 0.2) is 98.2 Å². The molecule has 0 aliphatic heterocycles. The number of para-hydroxylation sites is 2. The second-order valence-electron chi connectivity index (χ2n) is 8.02. The maximum absolute atomic E-state index is 4.72. The fourth-order valence-corrected chi connectivity index (χ4v) is 3.78. The van der Waals surface area contributed by atoms with Crippen molar-refractivity contribution >= 4 is 22.7 Å². The van der Waals surface area contributed by atoms with E-state index in [-0.39, 0.29) is 6.04 Å². The molecule has 5 rings (SSSR count). The lowest BCUT2D eigenvalue weighted by atomic mass is 10.0. The molecule has 3 heterocycles. The van der Waals surface area contributed by atoms with E-state index in [9.17, 15) is 0 Å². The Morgan fingerprint density at radius 2 is 1.82 bits per heavy atom. The van der Waals surface area contributed by atoms with Gasteiger partial charge in [-0.15, -0.1) is 0 Å². The van der Waals surface area contributed by atoms with Crippen LogP contribution in [0.4, 0.5) is 5.95 Å². The summed E-state index contributed by atoms with van der Waals surface area (Å²) in [6.45, 7) is 7.00. The van der Waals surface area contributed by atoms with E-state index in [2.05, 4.69) is 57.3 Å². The molecule has 0 spiro atoms. The number of hydrogen-bond acceptors (Lipinski definition) is 6. The van der Waals surface area contributed by atoms with Crippen LogP contribution in [0, 0.1) is 0 Å². The molecule has 2 aromatic carbocycles. The number of rotatable bonds is 8. The van der Waals surface area contributed by atoms with Crippen molar-refractivity contribution in [3.63, 3.8) is 0 Å². The molecule has 0 unspecified atom stereocenters. The van der Waals surface area contributed by atoms with E-state index in [1.807, 2.05) is 53.1 Å². The Morgan fingerprint density at radius 3 is 2.71 bits per heavy atom. The van der Waals surface area contributed by atoms with Gasteiger partial charge in [0, 0.05) is 30.8 Å². The van der Waals surface area contributed by atoms with E-state index in [4.69, 9.17) is 4.98 Å². The van der Waals surface area contributed by atoms with Crippen molar-refractivity contribution in [2.45, 2.75) is 19.5 Å². The third-order valence-electron chi connectivity index (χ3n) is 5.68. The van der Waals surface area contributed by atoms with E-state index in [1.165, 1.54) is 0 Å². The Labute approximate surface area is 198 Å². The van der Waals surface area contributed by atoms with Crippen LogP contribution in [0.5, 0.6) is 0 Å². The van der Waals surface area contributed by atoms with Gasteiger partial charge >= 0.3 is 0 Å². The van der Waals surface area contributed by atoms with E-state index in [0.717, 1.165) is 39.2 Å². The first kappa shape index (κ1) is 21.3. The highest BCUT2D eigenvalue weighted by Crippen LogP contribution is 2.22. The third-order valence-corrected chi connectivity index (χ3v) is 5.68. The number of pyridine rings is 1. The monoisotopic (exact) mass is 447 g/mol. The summed E-state index contributed by atoms with van der Waals surface area (Å²) in [4.78, 5) is 17.7. The lowest BCUT2D eigenvalue weighted by Gasteiger charge is -2.17. The van der Waals surface area contributed by atoms with E-state index < -0.39 is 0 Å². The normalized spacial score (nSPS) is 11.8. The zero-order valence-corrected chi connectivity index (χ0v) is 18.9. The van der Waals surface area contributed by atoms with Gasteiger partial charge in [-0.3, -0.25) is 9.55 Å². The number of nitrogens with one attached hydrogen (secondary N) is 2. The molecule has 0 fully saturated rings. The minimum atomic E-state index is 0.00253. The van der Waals surface area contributed by atoms with E-state index in [0.29, 0.717) is 12.5 Å². The summed E-state index contributed by atoms with van der Waals surface area (Å²) < 4.78 is 1.96. The van der Waals surface area contributed by atoms with Gasteiger partial charge in [-0.2, -0.15) is 4.98 Å². The molecule has 168 valence electrons. The second-order valence-corrected chi connectivity index (χ2v) is 8.02. The number of hydrogen-bond donors (Lipinski definition) is 2. The van der Waals surface area contributed by atoms with Crippen molar-refractivity contribution in [3.05, 3.63) is 115 Å². The van der Waals surface area contributed by atoms with Crippen molar-refractivity contribution in [3.8, 4) is 5.82 Å². The van der Waals surface area contributed by atoms with Crippen molar-refractivity contribution in [1.29, 1.82) is 0 Å². The average molecular weight is 448 g/mol. The Balaban J connectivity index is 1.30. The van der Waals surface area contributed by atoms with Gasteiger partial charge in [0.1, 0.15) is 12.1 Å². The largest absolute Gasteiger partial charge is 0.381 e. The summed E-state index contributed by atoms with van der Waals surface area (Å²) in [6.07, 6.45) is 7.13. The van der Waals surface area contributed by atoms with Crippen molar-refractivity contribution in [2.75, 3.05) is 5.32 Å². The van der Waals surface area contributed by atoms with Gasteiger partial charge in [-0.05, 0) is 60.0 Å². The topological polar surface area (TPSA) is 80.5 Å². The van der Waals surface area contributed by atoms with Gasteiger partial charge in [0.2, 0.25) is 5.95 Å². The first-order valence-electron chi connectivity index (χ1n) is 11.1. The molecule has 0 bridgehead atoms. The van der Waals surface area contributed by atoms with Gasteiger partial charge in [0.05, 0.1) is 17.1 Å². The molecule has 7 nitrogen and oxygen atoms in total. The molecule has 1 atom stereocenters. The van der Waals surface area contributed by atoms with Crippen molar-refractivity contribution in [1.82, 2.24) is 29.8 Å². The molecule has 34 heavy (non-hydrogen) atoms. The molecule has 2 N–H and O–H groups in total. The molecular formula is C27H25N7. The number of anilines is 1. The van der Waals surface area contributed by atoms with Crippen LogP contribution in [0.3, 0.4) is 0 Å². The summed E-state index contributed by atoms with van der Waals surface area (Å²) in [5.74, 6) is 1.32. The predicted molar refractivity (Wildman–Crippen MR) is 135 cm³/mol. The summed E-state index contributed by atoms with van der Waals surface area (Å²) in [6, 6.07) is 22.2. The molecule has 0 saturated heterocycles. The lowest BCUT2D eigenvalue weighted by Crippen LogP contribution is -2.13. The first-order valence-corrected chi connectivity index (χ1v) is 11.1. The molecule has 7 heteroatoms. The van der Waals surface area contributed by atoms with Crippen molar-refractivity contribution in [2.24, 2.45) is 0 Å². The quantitative estimate of drug-likeness (QED) is 0.343. The lowest BCUT2D eigenvalue weighted by molar-refractivity contribution is 0.851. The average Bonchev–Trinajstić information content (AvgIpc) is 3.32. The minimum absolute atomic E-state index is 0.00253. The highest BCUT2D eigenvalue weighted by Gasteiger charge is 2.11. The first-order chi connectivity index (χ1) is 16.7. The van der Waals surface area contributed by atoms with Gasteiger partial charge in [-0.25, -0.2) is 9.97 Å². The number of fused-ring (bicyclic) bond motifs is 1. The van der Waals surface area contributed by atoms with Crippen LogP contribution in [0.25, 0.3) is 22.5 Å². The smallest absolute Gasteiger partial charge is 0.225 e. The SMILES string of the molecule is C=C(NCc1ccncc1)c1cccc([C@H](C)Nc2nccc(-n3cnc4ccccc43)n2)c1. The van der Waals surface area contributed by atoms with E-state index >= 15 is 0 Å². The zero-order valence-electron chi connectivity index (χ0n) is 18.9. The predicted octanol–water partition coefficient (Wildman–Crippen LogP) is 5.14. The Morgan fingerprint density at radius 1 is 0.971 bits per heavy atom. The summed E-state index contributed by atoms with van der Waals surface area (Å²) >= 11 is 0. The van der Waals surface area contributed by atoms with Crippen LogP contribution < -0.4 is 10.6 Å². The van der Waals surface area contributed by atoms with Crippen LogP contribution in [-0.4, -0.2) is 24.5 Å². The summed E-state index contributed by atoms with van der Waals surface area (Å²) in [7, 11) is 0. The summed E-state index contributed by atoms with van der Waals surface area (Å²) in [5, 5.41) is 6.81. The van der Waals surface area contributed by atoms with Gasteiger partial charge < -0.3 is 10.6 Å². The fourth-order valence-electron chi connectivity index (χ4n) is 3.78. The molecule has 0 radical (unpaired) electrons. The molecule has 0 aliphatic carbocycles. The standard InChI is InChI=1S/C27H25N7/c1-19(30-17-21-10-13-28-14-11-21)22-6-5-7-23(16-22)20(2)32-27-29-15-12-26(33-27)34-18-31-24-8-3-4-9-25(24)34/h3-16,18,20,30H,1,17H2,2H3,(H,29,32,33)/t20-/m0/s1. The molecule has 0 aliphatic rings.